The number of hydrogen-bond acceptors (Lipinski definition) is 12. The number of thioether (sulfide) groups is 4. The van der Waals surface area contributed by atoms with Crippen molar-refractivity contribution >= 4 is 116 Å². The number of carbonyl (C=O) groups is 4. The van der Waals surface area contributed by atoms with Crippen molar-refractivity contribution in [2.75, 3.05) is 46.0 Å². The monoisotopic (exact) mass is 764 g/mol. The topological polar surface area (TPSA) is 68.3 Å². The van der Waals surface area contributed by atoms with Crippen LogP contribution in [0.25, 0.3) is 0 Å². The Labute approximate surface area is 254 Å². The van der Waals surface area contributed by atoms with Gasteiger partial charge in [0.05, 0.1) is 0 Å². The van der Waals surface area contributed by atoms with Crippen molar-refractivity contribution in [3.05, 3.63) is 48.6 Å². The molecule has 0 amide bonds. The predicted octanol–water partition coefficient (Wildman–Crippen LogP) is 7.70. The Morgan fingerprint density at radius 1 is 0.432 bits per heavy atom. The van der Waals surface area contributed by atoms with Crippen LogP contribution in [0.15, 0.2) is 48.6 Å². The van der Waals surface area contributed by atoms with E-state index in [9.17, 15) is 19.2 Å². The van der Waals surface area contributed by atoms with Crippen molar-refractivity contribution < 1.29 is 19.2 Å². The molecule has 0 atom stereocenters. The summed E-state index contributed by atoms with van der Waals surface area (Å²) in [5, 5.41) is 0.0870. The van der Waals surface area contributed by atoms with Crippen LogP contribution in [0.2, 0.25) is 0 Å². The third kappa shape index (κ3) is 19.1. The maximum absolute atomic E-state index is 12.0. The van der Waals surface area contributed by atoms with Crippen LogP contribution in [0.5, 0.6) is 0 Å². The van der Waals surface area contributed by atoms with Gasteiger partial charge < -0.3 is 0 Å². The Hall–Kier alpha value is 1.24. The second kappa shape index (κ2) is 21.9. The summed E-state index contributed by atoms with van der Waals surface area (Å²) < 4.78 is 0. The molecule has 0 spiro atoms. The third-order valence-corrected chi connectivity index (χ3v) is 59.5. The first-order valence-corrected chi connectivity index (χ1v) is 33.0. The van der Waals surface area contributed by atoms with Gasteiger partial charge in [-0.05, 0) is 0 Å². The molecule has 0 aromatic carbocycles. The molecule has 0 aliphatic rings. The van der Waals surface area contributed by atoms with Crippen LogP contribution < -0.4 is 0 Å². The molecule has 0 rings (SSSR count). The van der Waals surface area contributed by atoms with Crippen LogP contribution in [-0.4, -0.2) is 79.3 Å². The minimum absolute atomic E-state index is 0.0217. The van der Waals surface area contributed by atoms with Gasteiger partial charge >= 0.3 is 258 Å². The molecule has 208 valence electrons. The van der Waals surface area contributed by atoms with Crippen molar-refractivity contribution in [1.29, 1.82) is 0 Å². The summed E-state index contributed by atoms with van der Waals surface area (Å²) in [5.41, 5.74) is 2.22. The normalized spacial score (nSPS) is 11.1. The van der Waals surface area contributed by atoms with Gasteiger partial charge in [-0.3, -0.25) is 0 Å². The Kier molecular flexibility index (Phi) is 22.6. The summed E-state index contributed by atoms with van der Waals surface area (Å²) in [6.07, 6.45) is 0. The van der Waals surface area contributed by atoms with Crippen LogP contribution in [0.3, 0.4) is 0 Å². The van der Waals surface area contributed by atoms with Gasteiger partial charge in [0.2, 0.25) is 0 Å². The van der Waals surface area contributed by atoms with Gasteiger partial charge in [-0.1, -0.05) is 0 Å². The van der Waals surface area contributed by atoms with E-state index in [4.69, 9.17) is 0 Å². The molecule has 37 heavy (non-hydrogen) atoms. The second-order valence-electron chi connectivity index (χ2n) is 7.56. The maximum atomic E-state index is 12.0. The van der Waals surface area contributed by atoms with Gasteiger partial charge in [0.25, 0.3) is 0 Å². The fourth-order valence-electron chi connectivity index (χ4n) is 1.95. The van der Waals surface area contributed by atoms with Crippen molar-refractivity contribution in [2.24, 2.45) is 0 Å². The SMILES string of the molecule is C=C(C)C(=O)SCC[S][Sn]([S]CCSC(=O)C(=C)C)([S]CCSC(=O)C(=C)C)[S]CCSC(=O)C(=C)C. The molecule has 0 unspecified atom stereocenters. The fourth-order valence-corrected chi connectivity index (χ4v) is 59.4. The van der Waals surface area contributed by atoms with Crippen LogP contribution in [0, 0.1) is 0 Å². The van der Waals surface area contributed by atoms with Crippen molar-refractivity contribution in [3.8, 4) is 0 Å². The van der Waals surface area contributed by atoms with Crippen molar-refractivity contribution in [3.63, 3.8) is 0 Å². The summed E-state index contributed by atoms with van der Waals surface area (Å²) >= 11 is 2.17. The van der Waals surface area contributed by atoms with Crippen LogP contribution in [-0.2, 0) is 19.2 Å². The van der Waals surface area contributed by atoms with E-state index in [1.54, 1.807) is 27.7 Å². The molecule has 0 aliphatic heterocycles. The molecule has 4 nitrogen and oxygen atoms in total. The molecule has 0 fully saturated rings. The Morgan fingerprint density at radius 3 is 0.784 bits per heavy atom. The number of rotatable bonds is 20. The fraction of sp³-hybridized carbons (Fsp3) is 0.500. The van der Waals surface area contributed by atoms with Crippen LogP contribution >= 0.6 is 82.8 Å². The molecule has 0 aromatic rings. The van der Waals surface area contributed by atoms with Crippen molar-refractivity contribution in [2.45, 2.75) is 27.7 Å². The average Bonchev–Trinajstić information content (AvgIpc) is 2.83. The van der Waals surface area contributed by atoms with E-state index < -0.39 is 12.8 Å². The first kappa shape index (κ1) is 38.2. The predicted molar refractivity (Wildman–Crippen MR) is 185 cm³/mol. The summed E-state index contributed by atoms with van der Waals surface area (Å²) in [4.78, 5) is 47.9. The zero-order valence-corrected chi connectivity index (χ0v) is 31.3. The van der Waals surface area contributed by atoms with E-state index in [-0.39, 0.29) is 20.5 Å². The summed E-state index contributed by atoms with van der Waals surface area (Å²) in [6, 6.07) is 0. The van der Waals surface area contributed by atoms with Gasteiger partial charge in [0, 0.05) is 0 Å². The van der Waals surface area contributed by atoms with Gasteiger partial charge in [-0.2, -0.15) is 0 Å². The molecule has 0 bridgehead atoms. The van der Waals surface area contributed by atoms with Gasteiger partial charge in [0.15, 0.2) is 0 Å². The zero-order valence-electron chi connectivity index (χ0n) is 21.9. The van der Waals surface area contributed by atoms with Crippen LogP contribution in [0.1, 0.15) is 27.7 Å². The molecule has 0 heterocycles. The minimum atomic E-state index is -3.04. The van der Waals surface area contributed by atoms with E-state index >= 15 is 0 Å². The third-order valence-electron chi connectivity index (χ3n) is 3.78. The van der Waals surface area contributed by atoms with E-state index in [1.165, 1.54) is 47.0 Å². The Balaban J connectivity index is 5.37. The molecule has 0 saturated heterocycles. The van der Waals surface area contributed by atoms with Crippen molar-refractivity contribution in [1.82, 2.24) is 0 Å². The average molecular weight is 764 g/mol. The first-order chi connectivity index (χ1) is 17.3. The number of hydrogen-bond donors (Lipinski definition) is 0. The molecular formula is C24H36O4S8Sn. The van der Waals surface area contributed by atoms with E-state index in [1.807, 2.05) is 35.8 Å². The molecule has 13 heteroatoms. The summed E-state index contributed by atoms with van der Waals surface area (Å²) in [5.74, 6) is 6.24. The Morgan fingerprint density at radius 2 is 0.622 bits per heavy atom. The molecule has 0 saturated carbocycles. The summed E-state index contributed by atoms with van der Waals surface area (Å²) in [7, 11) is 7.92. The molecular weight excluding hydrogens is 728 g/mol. The molecule has 0 aromatic heterocycles. The van der Waals surface area contributed by atoms with Gasteiger partial charge in [-0.15, -0.1) is 0 Å². The molecule has 0 aliphatic carbocycles. The second-order valence-corrected chi connectivity index (χ2v) is 54.2. The van der Waals surface area contributed by atoms with Gasteiger partial charge in [-0.25, -0.2) is 0 Å². The molecule has 0 radical (unpaired) electrons. The summed E-state index contributed by atoms with van der Waals surface area (Å²) in [6.45, 7) is 21.8. The first-order valence-electron chi connectivity index (χ1n) is 11.2. The quantitative estimate of drug-likeness (QED) is 0.0694. The Bertz CT molecular complexity index is 733. The van der Waals surface area contributed by atoms with E-state index in [0.29, 0.717) is 45.3 Å². The van der Waals surface area contributed by atoms with Crippen LogP contribution in [0.4, 0.5) is 0 Å². The van der Waals surface area contributed by atoms with E-state index in [0.717, 1.165) is 23.0 Å². The zero-order chi connectivity index (χ0) is 28.4. The number of carbonyl (C=O) groups excluding carboxylic acids is 4. The standard InChI is InChI=1S/4C6H10OS2.Sn/c4*1-5(2)6(7)9-4-3-8;/h4*8H,1,3-4H2,2H3;/q;;;;+4/p-4. The molecule has 0 N–H and O–H groups in total. The van der Waals surface area contributed by atoms with Gasteiger partial charge in [0.1, 0.15) is 0 Å². The van der Waals surface area contributed by atoms with E-state index in [2.05, 4.69) is 26.3 Å².